The van der Waals surface area contributed by atoms with Crippen LogP contribution in [0.2, 0.25) is 0 Å². The van der Waals surface area contributed by atoms with Crippen LogP contribution >= 0.6 is 0 Å². The van der Waals surface area contributed by atoms with Crippen LogP contribution in [0.4, 0.5) is 0 Å². The van der Waals surface area contributed by atoms with E-state index in [4.69, 9.17) is 24.0 Å². The molecular formula is C23H37N3O5. The number of hydrogen-bond donors (Lipinski definition) is 1. The maximum absolute atomic E-state index is 6.45. The summed E-state index contributed by atoms with van der Waals surface area (Å²) in [6.45, 7) is 9.86. The van der Waals surface area contributed by atoms with Crippen molar-refractivity contribution < 1.29 is 24.0 Å². The Hall–Kier alpha value is -1.03. The minimum Gasteiger partial charge on any atom is -0.351 e. The average Bonchev–Trinajstić information content (AvgIpc) is 3.17. The third kappa shape index (κ3) is 3.96. The monoisotopic (exact) mass is 435 g/mol. The number of hydrogen-bond acceptors (Lipinski definition) is 7. The van der Waals surface area contributed by atoms with E-state index in [9.17, 15) is 0 Å². The van der Waals surface area contributed by atoms with Gasteiger partial charge in [0.25, 0.3) is 0 Å². The van der Waals surface area contributed by atoms with E-state index in [2.05, 4.69) is 28.7 Å². The lowest BCUT2D eigenvalue weighted by Crippen LogP contribution is -2.70. The number of nitrogens with zero attached hydrogens (tertiary/aromatic N) is 2. The molecule has 8 nitrogen and oxygen atoms in total. The molecule has 0 aromatic carbocycles. The molecule has 4 saturated heterocycles. The molecule has 8 heteroatoms. The van der Waals surface area contributed by atoms with E-state index in [0.29, 0.717) is 24.4 Å². The Bertz CT molecular complexity index is 733. The van der Waals surface area contributed by atoms with Crippen molar-refractivity contribution in [2.45, 2.75) is 83.4 Å². The van der Waals surface area contributed by atoms with Crippen LogP contribution in [0, 0.1) is 23.7 Å². The number of nitrogens with one attached hydrogen (secondary N) is 1. The van der Waals surface area contributed by atoms with Crippen molar-refractivity contribution in [1.29, 1.82) is 0 Å². The quantitative estimate of drug-likeness (QED) is 0.497. The molecule has 31 heavy (non-hydrogen) atoms. The molecule has 0 amide bonds. The summed E-state index contributed by atoms with van der Waals surface area (Å²) in [5.74, 6) is 0.761. The van der Waals surface area contributed by atoms with E-state index in [0.717, 1.165) is 45.3 Å². The Kier molecular flexibility index (Phi) is 6.13. The number of aromatic nitrogens is 2. The highest BCUT2D eigenvalue weighted by atomic mass is 17.3. The van der Waals surface area contributed by atoms with Crippen molar-refractivity contribution in [3.8, 4) is 0 Å². The molecule has 1 aromatic heterocycles. The zero-order valence-corrected chi connectivity index (χ0v) is 19.0. The fourth-order valence-electron chi connectivity index (χ4n) is 6.24. The normalized spacial score (nSPS) is 44.1. The molecule has 5 fully saturated rings. The second-order valence-corrected chi connectivity index (χ2v) is 10.0. The van der Waals surface area contributed by atoms with Gasteiger partial charge in [0.1, 0.15) is 0 Å². The molecule has 8 atom stereocenters. The molecule has 6 rings (SSSR count). The SMILES string of the molecule is C[C@@H]1CCC2[C@@H](C)[C@@H](OCCNCCCn3ccnc3)OC3OC4(C)CCC1[C@]32OO4. The van der Waals surface area contributed by atoms with Gasteiger partial charge in [-0.15, -0.1) is 0 Å². The van der Waals surface area contributed by atoms with Crippen LogP contribution in [0.3, 0.4) is 0 Å². The van der Waals surface area contributed by atoms with Crippen molar-refractivity contribution in [3.05, 3.63) is 18.7 Å². The first-order valence-electron chi connectivity index (χ1n) is 12.0. The van der Waals surface area contributed by atoms with Crippen molar-refractivity contribution in [2.75, 3.05) is 19.7 Å². The van der Waals surface area contributed by atoms with Crippen LogP contribution in [-0.4, -0.2) is 53.2 Å². The highest BCUT2D eigenvalue weighted by molar-refractivity contribution is 5.09. The lowest BCUT2D eigenvalue weighted by atomic mass is 9.58. The number of fused-ring (bicyclic) bond motifs is 2. The van der Waals surface area contributed by atoms with Gasteiger partial charge in [-0.2, -0.15) is 0 Å². The maximum Gasteiger partial charge on any atom is 0.201 e. The molecule has 0 radical (unpaired) electrons. The minimum absolute atomic E-state index is 0.224. The van der Waals surface area contributed by atoms with Gasteiger partial charge < -0.3 is 24.1 Å². The van der Waals surface area contributed by atoms with Crippen molar-refractivity contribution in [1.82, 2.24) is 14.9 Å². The van der Waals surface area contributed by atoms with Gasteiger partial charge in [0, 0.05) is 43.7 Å². The first-order chi connectivity index (χ1) is 15.0. The number of imidazole rings is 1. The Balaban J connectivity index is 1.16. The van der Waals surface area contributed by atoms with E-state index in [1.165, 1.54) is 6.42 Å². The smallest absolute Gasteiger partial charge is 0.201 e. The summed E-state index contributed by atoms with van der Waals surface area (Å²) in [4.78, 5) is 16.1. The van der Waals surface area contributed by atoms with Gasteiger partial charge in [-0.1, -0.05) is 13.8 Å². The molecule has 4 aliphatic heterocycles. The van der Waals surface area contributed by atoms with Crippen LogP contribution in [0.1, 0.15) is 52.9 Å². The van der Waals surface area contributed by atoms with E-state index in [1.807, 2.05) is 25.6 Å². The van der Waals surface area contributed by atoms with Gasteiger partial charge >= 0.3 is 0 Å². The Morgan fingerprint density at radius 2 is 2.06 bits per heavy atom. The number of rotatable bonds is 8. The zero-order chi connectivity index (χ0) is 21.5. The van der Waals surface area contributed by atoms with Crippen LogP contribution in [0.25, 0.3) is 0 Å². The van der Waals surface area contributed by atoms with Gasteiger partial charge in [-0.25, -0.2) is 14.8 Å². The highest BCUT2D eigenvalue weighted by Crippen LogP contribution is 2.60. The zero-order valence-electron chi connectivity index (χ0n) is 19.0. The van der Waals surface area contributed by atoms with Crippen molar-refractivity contribution in [3.63, 3.8) is 0 Å². The van der Waals surface area contributed by atoms with Crippen LogP contribution in [0.5, 0.6) is 0 Å². The predicted molar refractivity (Wildman–Crippen MR) is 112 cm³/mol. The summed E-state index contributed by atoms with van der Waals surface area (Å²) in [5, 5.41) is 3.46. The van der Waals surface area contributed by atoms with Crippen LogP contribution in [0.15, 0.2) is 18.7 Å². The van der Waals surface area contributed by atoms with Gasteiger partial charge in [-0.05, 0) is 51.0 Å². The van der Waals surface area contributed by atoms with E-state index in [1.54, 1.807) is 0 Å². The standard InChI is InChI=1S/C23H37N3O5/c1-16-5-6-19-17(2)20(27-14-11-24-9-4-12-26-13-10-25-15-26)28-21-23(19)18(16)7-8-22(3,29-21)30-31-23/h10,13,15-21,24H,4-9,11-12,14H2,1-3H3/t16-,17-,18?,19?,20+,21?,22?,23-/m1/s1. The second kappa shape index (κ2) is 8.72. The Labute approximate surface area is 184 Å². The molecule has 1 saturated carbocycles. The van der Waals surface area contributed by atoms with Gasteiger partial charge in [0.05, 0.1) is 12.9 Å². The van der Waals surface area contributed by atoms with Crippen LogP contribution in [-0.2, 0) is 30.5 Å². The summed E-state index contributed by atoms with van der Waals surface area (Å²) in [7, 11) is 0. The van der Waals surface area contributed by atoms with E-state index in [-0.39, 0.29) is 12.2 Å². The number of ether oxygens (including phenoxy) is 3. The third-order valence-corrected chi connectivity index (χ3v) is 7.99. The predicted octanol–water partition coefficient (Wildman–Crippen LogP) is 3.09. The molecule has 1 N–H and O–H groups in total. The largest absolute Gasteiger partial charge is 0.351 e. The molecule has 1 aliphatic carbocycles. The summed E-state index contributed by atoms with van der Waals surface area (Å²) in [5.41, 5.74) is -0.515. The molecule has 5 heterocycles. The van der Waals surface area contributed by atoms with Gasteiger partial charge in [0.15, 0.2) is 18.2 Å². The Morgan fingerprint density at radius 3 is 2.90 bits per heavy atom. The highest BCUT2D eigenvalue weighted by Gasteiger charge is 2.69. The molecule has 174 valence electrons. The summed E-state index contributed by atoms with van der Waals surface area (Å²) < 4.78 is 21.1. The first kappa shape index (κ1) is 21.8. The fraction of sp³-hybridized carbons (Fsp3) is 0.870. The molecule has 1 spiro atoms. The minimum atomic E-state index is -0.737. The molecular weight excluding hydrogens is 398 g/mol. The lowest BCUT2D eigenvalue weighted by molar-refractivity contribution is -0.577. The lowest BCUT2D eigenvalue weighted by Gasteiger charge is -2.60. The maximum atomic E-state index is 6.45. The topological polar surface area (TPSA) is 76.0 Å². The average molecular weight is 436 g/mol. The van der Waals surface area contributed by atoms with Crippen LogP contribution < -0.4 is 5.32 Å². The molecule has 5 aliphatic rings. The molecule has 2 bridgehead atoms. The van der Waals surface area contributed by atoms with Crippen molar-refractivity contribution in [2.24, 2.45) is 23.7 Å². The van der Waals surface area contributed by atoms with E-state index >= 15 is 0 Å². The second-order valence-electron chi connectivity index (χ2n) is 10.0. The molecule has 4 unspecified atom stereocenters. The summed E-state index contributed by atoms with van der Waals surface area (Å²) in [6, 6.07) is 0. The van der Waals surface area contributed by atoms with Gasteiger partial charge in [0.2, 0.25) is 5.79 Å². The fourth-order valence-corrected chi connectivity index (χ4v) is 6.24. The van der Waals surface area contributed by atoms with Gasteiger partial charge in [-0.3, -0.25) is 0 Å². The Morgan fingerprint density at radius 1 is 1.16 bits per heavy atom. The number of aryl methyl sites for hydroxylation is 1. The van der Waals surface area contributed by atoms with Crippen molar-refractivity contribution >= 4 is 0 Å². The first-order valence-corrected chi connectivity index (χ1v) is 12.0. The third-order valence-electron chi connectivity index (χ3n) is 7.99. The summed E-state index contributed by atoms with van der Waals surface area (Å²) >= 11 is 0. The van der Waals surface area contributed by atoms with E-state index < -0.39 is 17.7 Å². The summed E-state index contributed by atoms with van der Waals surface area (Å²) in [6.07, 6.45) is 10.2. The molecule has 1 aromatic rings.